The predicted octanol–water partition coefficient (Wildman–Crippen LogP) is 28.6. The predicted molar refractivity (Wildman–Crippen MR) is 531 cm³/mol. The summed E-state index contributed by atoms with van der Waals surface area (Å²) in [5, 5.41) is 7.17. The van der Waals surface area contributed by atoms with Crippen molar-refractivity contribution in [3.05, 3.63) is 397 Å². The molecule has 21 aromatic rings. The smallest absolute Gasteiger partial charge is 0.188 e. The van der Waals surface area contributed by atoms with Gasteiger partial charge >= 0.3 is 0 Å². The summed E-state index contributed by atoms with van der Waals surface area (Å²) >= 11 is 0. The quantitative estimate of drug-likeness (QED) is 0.0904. The van der Waals surface area contributed by atoms with E-state index >= 15 is 0 Å². The second kappa shape index (κ2) is 36.6. The zero-order valence-corrected chi connectivity index (χ0v) is 84.4. The summed E-state index contributed by atoms with van der Waals surface area (Å²) < 4.78 is 20.4. The fourth-order valence-corrected chi connectivity index (χ4v) is 18.6. The van der Waals surface area contributed by atoms with Crippen LogP contribution in [0, 0.1) is 36.4 Å². The summed E-state index contributed by atoms with van der Waals surface area (Å²) in [4.78, 5) is 14.5. The third-order valence-electron chi connectivity index (χ3n) is 26.3. The molecule has 0 radical (unpaired) electrons. The van der Waals surface area contributed by atoms with Crippen molar-refractivity contribution in [3.8, 4) is 34.5 Å². The molecular formula is C116H109N12Pt3-3. The summed E-state index contributed by atoms with van der Waals surface area (Å²) in [6, 6.07) is 121. The van der Waals surface area contributed by atoms with Gasteiger partial charge in [-0.15, -0.1) is 69.2 Å². The van der Waals surface area contributed by atoms with Crippen LogP contribution in [0.2, 0.25) is 0 Å². The van der Waals surface area contributed by atoms with Crippen molar-refractivity contribution >= 4 is 98.5 Å². The fourth-order valence-electron chi connectivity index (χ4n) is 18.6. The van der Waals surface area contributed by atoms with Crippen LogP contribution in [0.3, 0.4) is 0 Å². The second-order valence-electron chi connectivity index (χ2n) is 38.1. The number of hydrogen-bond acceptors (Lipinski definition) is 3. The first-order valence-corrected chi connectivity index (χ1v) is 45.0. The Balaban J connectivity index is 0.000000142. The molecule has 0 atom stereocenters. The zero-order valence-electron chi connectivity index (χ0n) is 77.6. The minimum absolute atomic E-state index is 0. The summed E-state index contributed by atoms with van der Waals surface area (Å²) in [6.07, 6.45) is 12.3. The molecule has 0 spiro atoms. The molecule has 12 aromatic carbocycles. The maximum absolute atomic E-state index is 4.84. The molecule has 0 bridgehead atoms. The van der Waals surface area contributed by atoms with Gasteiger partial charge in [-0.2, -0.15) is 108 Å². The van der Waals surface area contributed by atoms with Gasteiger partial charge in [-0.05, 0) is 192 Å². The van der Waals surface area contributed by atoms with Crippen molar-refractivity contribution in [1.29, 1.82) is 0 Å². The van der Waals surface area contributed by atoms with Crippen LogP contribution in [0.4, 0.5) is 0 Å². The number of fused-ring (bicyclic) bond motifs is 12. The van der Waals surface area contributed by atoms with Gasteiger partial charge in [0.15, 0.2) is 52.1 Å². The Labute approximate surface area is 812 Å². The van der Waals surface area contributed by atoms with Crippen molar-refractivity contribution in [1.82, 2.24) is 56.1 Å². The third-order valence-corrected chi connectivity index (χ3v) is 26.3. The molecule has 666 valence electrons. The van der Waals surface area contributed by atoms with Gasteiger partial charge in [0.05, 0.1) is 11.6 Å². The molecule has 0 N–H and O–H groups in total. The van der Waals surface area contributed by atoms with Crippen LogP contribution in [-0.4, -0.2) is 56.1 Å². The molecule has 0 amide bonds. The van der Waals surface area contributed by atoms with Crippen LogP contribution < -0.4 is 0 Å². The standard InChI is InChI=1S/C40H39N4.C39H37N4.C37H33N4.3Pt/c1-27(2)28-21-22-41-38(23-28)44-34-16-9-8-15-32(34)33-20-19-30(25-37(33)44)40(6,7)29-13-12-14-31(24-29)42-26-43(39(3,4)5)36-18-11-10-17-35(36)42;1-26(2)28-20-21-40-38(22-28)43-34-15-8-7-14-32(34)33-19-18-30(24-37(33)43)39(5,6)29-12-11-13-31(23-29)42-25-41(27(3)4)35-16-9-10-17-36(35)42;1-25(2)26-19-20-38-36(21-26)41-32-14-7-6-13-30(32)31-18-17-28(23-35(31)41)37(3,4)27-11-10-12-29(22-27)40-24-39(5)33-15-8-9-16-34(33)40;;;/h8-23,26-27H,1-7H3;7-22,25-27H,1-6H3;6-21,24-25H,1-5H3;;;/q3*-1;;;. The number of rotatable bonds is 16. The number of hydrogen-bond donors (Lipinski definition) is 0. The van der Waals surface area contributed by atoms with E-state index in [1.807, 2.05) is 18.6 Å². The van der Waals surface area contributed by atoms with Crippen molar-refractivity contribution in [2.24, 2.45) is 7.05 Å². The van der Waals surface area contributed by atoms with Crippen molar-refractivity contribution in [2.45, 2.75) is 163 Å². The minimum Gasteiger partial charge on any atom is -0.319 e. The molecule has 12 nitrogen and oxygen atoms in total. The number of imidazole rings is 3. The van der Waals surface area contributed by atoms with Crippen LogP contribution in [0.25, 0.3) is 133 Å². The van der Waals surface area contributed by atoms with Gasteiger partial charge in [-0.25, -0.2) is 42.4 Å². The topological polar surface area (TPSA) is 83.0 Å². The normalized spacial score (nSPS) is 12.1. The SMILES string of the molecule is CC(C)c1ccnc(-n2c3[c-]c(C(C)(C)c4[c-]c(-n5[cH+]n(C(C)(C)C)c6ccccc65)ccc4)ccc3c3ccccc32)c1.CC(C)c1ccnc(-n2c3[c-]c(C(C)(C)c4[c-]c(-n5[cH+]n(C(C)C)c6ccccc65)ccc4)ccc3c3ccccc32)c1.CC(C)c1ccnc(-n2c3[c-]c(C(C)(C)c4[c-]c(-n5[cH+]n(C)c6ccccc65)ccc4)ccc3c3ccccc32)c1.[Pt].[Pt].[Pt]. The number of pyridine rings is 3. The van der Waals surface area contributed by atoms with Crippen LogP contribution in [0.1, 0.15) is 192 Å². The van der Waals surface area contributed by atoms with Gasteiger partial charge in [0.25, 0.3) is 0 Å². The van der Waals surface area contributed by atoms with E-state index in [0.29, 0.717) is 23.8 Å². The van der Waals surface area contributed by atoms with Crippen LogP contribution in [0.15, 0.2) is 311 Å². The molecule has 0 aliphatic carbocycles. The second-order valence-corrected chi connectivity index (χ2v) is 38.1. The molecule has 131 heavy (non-hydrogen) atoms. The molecule has 0 fully saturated rings. The van der Waals surface area contributed by atoms with Crippen LogP contribution in [0.5, 0.6) is 0 Å². The first-order valence-electron chi connectivity index (χ1n) is 45.0. The van der Waals surface area contributed by atoms with E-state index in [9.17, 15) is 0 Å². The summed E-state index contributed by atoms with van der Waals surface area (Å²) in [5.74, 6) is 4.04. The number of aromatic nitrogens is 12. The van der Waals surface area contributed by atoms with Gasteiger partial charge in [0.2, 0.25) is 0 Å². The number of benzene rings is 12. The Morgan fingerprint density at radius 2 is 0.565 bits per heavy atom. The third kappa shape index (κ3) is 16.8. The van der Waals surface area contributed by atoms with E-state index in [-0.39, 0.29) is 85.0 Å². The molecule has 0 saturated heterocycles. The van der Waals surface area contributed by atoms with Crippen molar-refractivity contribution in [3.63, 3.8) is 0 Å². The summed E-state index contributed by atoms with van der Waals surface area (Å²) in [5.41, 5.74) is 26.2. The molecule has 9 heterocycles. The molecular weight excluding hydrogens is 2150 g/mol. The van der Waals surface area contributed by atoms with Gasteiger partial charge in [0, 0.05) is 159 Å². The van der Waals surface area contributed by atoms with Crippen molar-refractivity contribution < 1.29 is 63.2 Å². The fraction of sp³-hybridized carbons (Fsp3) is 0.224. The van der Waals surface area contributed by atoms with Gasteiger partial charge in [0.1, 0.15) is 17.5 Å². The zero-order chi connectivity index (χ0) is 89.0. The van der Waals surface area contributed by atoms with Crippen LogP contribution in [-0.2, 0) is 92.0 Å². The Bertz CT molecular complexity index is 7840. The average molecular weight is 2260 g/mol. The molecule has 0 aliphatic heterocycles. The average Bonchev–Trinajstić information content (AvgIpc) is 1.59. The maximum atomic E-state index is 4.84. The number of aryl methyl sites for hydroxylation is 1. The van der Waals surface area contributed by atoms with E-state index in [0.717, 1.165) is 107 Å². The monoisotopic (exact) mass is 2250 g/mol. The Kier molecular flexibility index (Phi) is 25.8. The van der Waals surface area contributed by atoms with E-state index in [1.54, 1.807) is 0 Å². The maximum Gasteiger partial charge on any atom is 0.188 e. The Morgan fingerprint density at radius 3 is 0.908 bits per heavy atom. The molecule has 0 aliphatic rings. The minimum atomic E-state index is -0.346. The van der Waals surface area contributed by atoms with E-state index in [4.69, 9.17) is 15.0 Å². The van der Waals surface area contributed by atoms with Gasteiger partial charge in [-0.3, -0.25) is 0 Å². The van der Waals surface area contributed by atoms with E-state index < -0.39 is 0 Å². The Hall–Kier alpha value is -12.0. The van der Waals surface area contributed by atoms with E-state index in [1.165, 1.54) is 76.6 Å². The Morgan fingerprint density at radius 1 is 0.275 bits per heavy atom. The summed E-state index contributed by atoms with van der Waals surface area (Å²) in [6.45, 7) is 38.1. The summed E-state index contributed by atoms with van der Waals surface area (Å²) in [7, 11) is 2.08. The molecule has 15 heteroatoms. The van der Waals surface area contributed by atoms with Gasteiger partial charge < -0.3 is 13.7 Å². The molecule has 21 rings (SSSR count). The number of para-hydroxylation sites is 9. The molecule has 9 aromatic heterocycles. The van der Waals surface area contributed by atoms with Gasteiger partial charge in [-0.1, -0.05) is 154 Å². The van der Waals surface area contributed by atoms with Crippen molar-refractivity contribution in [2.75, 3.05) is 0 Å². The molecule has 0 unspecified atom stereocenters. The first-order chi connectivity index (χ1) is 61.6. The number of nitrogens with zero attached hydrogens (tertiary/aromatic N) is 12. The van der Waals surface area contributed by atoms with E-state index in [2.05, 4.69) is 494 Å². The first kappa shape index (κ1) is 92.2. The molecule has 0 saturated carbocycles. The largest absolute Gasteiger partial charge is 0.319 e. The van der Waals surface area contributed by atoms with Crippen LogP contribution >= 0.6 is 0 Å².